The quantitative estimate of drug-likeness (QED) is 0.581. The fourth-order valence-electron chi connectivity index (χ4n) is 1.66. The van der Waals surface area contributed by atoms with E-state index in [1.807, 2.05) is 36.7 Å². The van der Waals surface area contributed by atoms with E-state index >= 15 is 0 Å². The van der Waals surface area contributed by atoms with Crippen LogP contribution in [0.25, 0.3) is 0 Å². The van der Waals surface area contributed by atoms with Crippen LogP contribution in [0.1, 0.15) is 16.7 Å². The van der Waals surface area contributed by atoms with Gasteiger partial charge < -0.3 is 0 Å². The third-order valence-corrected chi connectivity index (χ3v) is 3.04. The molecule has 2 aromatic carbocycles. The molecule has 0 aromatic heterocycles. The Morgan fingerprint density at radius 1 is 0.800 bits per heavy atom. The van der Waals surface area contributed by atoms with Gasteiger partial charge in [-0.05, 0) is 30.2 Å². The molecule has 3 heteroatoms. The molecule has 0 spiro atoms. The summed E-state index contributed by atoms with van der Waals surface area (Å²) in [5, 5.41) is 0.741. The van der Waals surface area contributed by atoms with Gasteiger partial charge >= 0.3 is 0 Å². The van der Waals surface area contributed by atoms with Crippen LogP contribution in [0.2, 0.25) is 5.02 Å². The summed E-state index contributed by atoms with van der Waals surface area (Å²) >= 11 is 5.82. The molecule has 0 amide bonds. The van der Waals surface area contributed by atoms with E-state index < -0.39 is 0 Å². The highest BCUT2D eigenvalue weighted by atomic mass is 35.5. The SMILES string of the molecule is Cc1ccc(C=NCCN=Cc2ccc(Cl)cc2)cc1. The third-order valence-electron chi connectivity index (χ3n) is 2.79. The van der Waals surface area contributed by atoms with Crippen LogP contribution in [0.3, 0.4) is 0 Å². The number of aliphatic imine (C=N–C) groups is 2. The molecular formula is C17H17ClN2. The van der Waals surface area contributed by atoms with E-state index in [1.54, 1.807) is 0 Å². The van der Waals surface area contributed by atoms with Crippen LogP contribution in [0.4, 0.5) is 0 Å². The Bertz CT molecular complexity index is 528. The van der Waals surface area contributed by atoms with Crippen LogP contribution in [0, 0.1) is 6.92 Å². The lowest BCUT2D eigenvalue weighted by atomic mass is 10.2. The highest BCUT2D eigenvalue weighted by molar-refractivity contribution is 6.30. The summed E-state index contributed by atoms with van der Waals surface area (Å²) in [4.78, 5) is 8.69. The number of rotatable bonds is 5. The van der Waals surface area contributed by atoms with Crippen molar-refractivity contribution in [1.82, 2.24) is 0 Å². The smallest absolute Gasteiger partial charge is 0.0585 e. The monoisotopic (exact) mass is 284 g/mol. The van der Waals surface area contributed by atoms with Crippen molar-refractivity contribution >= 4 is 24.0 Å². The van der Waals surface area contributed by atoms with Gasteiger partial charge in [0.25, 0.3) is 0 Å². The van der Waals surface area contributed by atoms with E-state index in [-0.39, 0.29) is 0 Å². The second kappa shape index (κ2) is 7.61. The van der Waals surface area contributed by atoms with Gasteiger partial charge in [0.1, 0.15) is 0 Å². The van der Waals surface area contributed by atoms with Crippen LogP contribution in [-0.4, -0.2) is 25.5 Å². The molecule has 0 atom stereocenters. The number of aryl methyl sites for hydroxylation is 1. The standard InChI is InChI=1S/C17H17ClN2/c1-14-2-4-15(5-3-14)12-19-10-11-20-13-16-6-8-17(18)9-7-16/h2-9,12-13H,10-11H2,1H3. The number of halogens is 1. The van der Waals surface area contributed by atoms with E-state index in [0.29, 0.717) is 13.1 Å². The predicted octanol–water partition coefficient (Wildman–Crippen LogP) is 4.19. The highest BCUT2D eigenvalue weighted by Gasteiger charge is 1.88. The lowest BCUT2D eigenvalue weighted by Crippen LogP contribution is -1.90. The van der Waals surface area contributed by atoms with Crippen molar-refractivity contribution in [3.8, 4) is 0 Å². The molecule has 102 valence electrons. The maximum atomic E-state index is 5.82. The minimum Gasteiger partial charge on any atom is -0.291 e. The van der Waals surface area contributed by atoms with Crippen LogP contribution in [0.15, 0.2) is 58.5 Å². The largest absolute Gasteiger partial charge is 0.291 e. The Labute approximate surface area is 124 Å². The molecule has 0 bridgehead atoms. The lowest BCUT2D eigenvalue weighted by molar-refractivity contribution is 0.985. The van der Waals surface area contributed by atoms with Gasteiger partial charge in [-0.1, -0.05) is 53.6 Å². The first-order valence-electron chi connectivity index (χ1n) is 6.56. The van der Waals surface area contributed by atoms with Crippen molar-refractivity contribution in [3.63, 3.8) is 0 Å². The maximum Gasteiger partial charge on any atom is 0.0585 e. The van der Waals surface area contributed by atoms with Crippen molar-refractivity contribution in [3.05, 3.63) is 70.2 Å². The average molecular weight is 285 g/mol. The van der Waals surface area contributed by atoms with Crippen LogP contribution in [-0.2, 0) is 0 Å². The minimum atomic E-state index is 0.686. The molecule has 0 radical (unpaired) electrons. The molecule has 0 saturated heterocycles. The Kier molecular flexibility index (Phi) is 5.51. The molecule has 0 heterocycles. The first kappa shape index (κ1) is 14.5. The van der Waals surface area contributed by atoms with Gasteiger partial charge in [0, 0.05) is 17.5 Å². The zero-order valence-electron chi connectivity index (χ0n) is 11.5. The number of hydrogen-bond donors (Lipinski definition) is 0. The molecule has 0 saturated carbocycles. The van der Waals surface area contributed by atoms with E-state index in [4.69, 9.17) is 11.6 Å². The van der Waals surface area contributed by atoms with Crippen LogP contribution in [0.5, 0.6) is 0 Å². The summed E-state index contributed by atoms with van der Waals surface area (Å²) in [6, 6.07) is 15.9. The molecule has 2 nitrogen and oxygen atoms in total. The van der Waals surface area contributed by atoms with Gasteiger partial charge in [-0.2, -0.15) is 0 Å². The van der Waals surface area contributed by atoms with Crippen molar-refractivity contribution in [2.24, 2.45) is 9.98 Å². The zero-order valence-corrected chi connectivity index (χ0v) is 12.2. The van der Waals surface area contributed by atoms with Crippen molar-refractivity contribution in [2.45, 2.75) is 6.92 Å². The first-order valence-corrected chi connectivity index (χ1v) is 6.94. The molecule has 2 aromatic rings. The van der Waals surface area contributed by atoms with Gasteiger partial charge in [0.15, 0.2) is 0 Å². The molecular weight excluding hydrogens is 268 g/mol. The summed E-state index contributed by atoms with van der Waals surface area (Å²) in [5.41, 5.74) is 3.43. The predicted molar refractivity (Wildman–Crippen MR) is 87.6 cm³/mol. The Balaban J connectivity index is 1.76. The molecule has 0 N–H and O–H groups in total. The molecule has 0 aliphatic rings. The fraction of sp³-hybridized carbons (Fsp3) is 0.176. The van der Waals surface area contributed by atoms with Crippen molar-refractivity contribution in [2.75, 3.05) is 13.1 Å². The Morgan fingerprint density at radius 2 is 1.25 bits per heavy atom. The van der Waals surface area contributed by atoms with Crippen molar-refractivity contribution in [1.29, 1.82) is 0 Å². The second-order valence-electron chi connectivity index (χ2n) is 4.53. The van der Waals surface area contributed by atoms with Gasteiger partial charge in [-0.3, -0.25) is 9.98 Å². The molecule has 0 unspecified atom stereocenters. The van der Waals surface area contributed by atoms with E-state index in [1.165, 1.54) is 5.56 Å². The first-order chi connectivity index (χ1) is 9.74. The molecule has 0 aliphatic carbocycles. The summed E-state index contributed by atoms with van der Waals surface area (Å²) in [5.74, 6) is 0. The number of nitrogens with zero attached hydrogens (tertiary/aromatic N) is 2. The number of hydrogen-bond acceptors (Lipinski definition) is 2. The summed E-state index contributed by atoms with van der Waals surface area (Å²) in [6.45, 7) is 3.45. The summed E-state index contributed by atoms with van der Waals surface area (Å²) in [7, 11) is 0. The second-order valence-corrected chi connectivity index (χ2v) is 4.97. The Hall–Kier alpha value is -1.93. The average Bonchev–Trinajstić information content (AvgIpc) is 2.46. The number of benzene rings is 2. The zero-order chi connectivity index (χ0) is 14.2. The molecule has 2 rings (SSSR count). The van der Waals surface area contributed by atoms with Gasteiger partial charge in [0.05, 0.1) is 13.1 Å². The van der Waals surface area contributed by atoms with E-state index in [0.717, 1.165) is 16.1 Å². The molecule has 0 aliphatic heterocycles. The lowest BCUT2D eigenvalue weighted by Gasteiger charge is -1.95. The van der Waals surface area contributed by atoms with Crippen molar-refractivity contribution < 1.29 is 0 Å². The molecule has 0 fully saturated rings. The fourth-order valence-corrected chi connectivity index (χ4v) is 1.78. The van der Waals surface area contributed by atoms with Gasteiger partial charge in [0.2, 0.25) is 0 Å². The van der Waals surface area contributed by atoms with E-state index in [2.05, 4.69) is 41.2 Å². The van der Waals surface area contributed by atoms with Crippen LogP contribution >= 0.6 is 11.6 Å². The maximum absolute atomic E-state index is 5.82. The molecule has 20 heavy (non-hydrogen) atoms. The Morgan fingerprint density at radius 3 is 1.75 bits per heavy atom. The summed E-state index contributed by atoms with van der Waals surface area (Å²) in [6.07, 6.45) is 3.73. The minimum absolute atomic E-state index is 0.686. The van der Waals surface area contributed by atoms with Gasteiger partial charge in [-0.25, -0.2) is 0 Å². The third kappa shape index (κ3) is 4.98. The topological polar surface area (TPSA) is 24.7 Å². The van der Waals surface area contributed by atoms with Gasteiger partial charge in [-0.15, -0.1) is 0 Å². The summed E-state index contributed by atoms with van der Waals surface area (Å²) < 4.78 is 0. The van der Waals surface area contributed by atoms with Crippen LogP contribution < -0.4 is 0 Å². The normalized spacial score (nSPS) is 11.5. The highest BCUT2D eigenvalue weighted by Crippen LogP contribution is 2.07. The van der Waals surface area contributed by atoms with E-state index in [9.17, 15) is 0 Å².